The number of nitrogens with zero attached hydrogens (tertiary/aromatic N) is 2. The average Bonchev–Trinajstić information content (AvgIpc) is 3.58. The molecule has 0 saturated heterocycles. The number of thiophene rings is 1. The molecule has 0 aliphatic carbocycles. The number of benzene rings is 6. The fourth-order valence-corrected chi connectivity index (χ4v) is 12.2. The van der Waals surface area contributed by atoms with Gasteiger partial charge in [-0.2, -0.15) is 11.3 Å². The van der Waals surface area contributed by atoms with E-state index in [1.807, 2.05) is 36.4 Å². The summed E-state index contributed by atoms with van der Waals surface area (Å²) in [7, 11) is 0. The summed E-state index contributed by atoms with van der Waals surface area (Å²) in [5.41, 5.74) is 5.34. The Balaban J connectivity index is 0.000000240. The molecule has 0 N–H and O–H groups in total. The third-order valence-corrected chi connectivity index (χ3v) is 15.5. The molecule has 0 atom stereocenters. The molecular formula is C48H41FGeIrN2S-2. The molecule has 0 spiro atoms. The molecule has 0 aliphatic rings. The van der Waals surface area contributed by atoms with Gasteiger partial charge in [-0.15, -0.1) is 17.5 Å². The van der Waals surface area contributed by atoms with Gasteiger partial charge in [0.1, 0.15) is 5.82 Å². The summed E-state index contributed by atoms with van der Waals surface area (Å²) in [6.07, 6.45) is -1.79. The van der Waals surface area contributed by atoms with E-state index in [4.69, 9.17) is 5.48 Å². The molecule has 3 aromatic heterocycles. The summed E-state index contributed by atoms with van der Waals surface area (Å²) in [6.45, 7) is 5.41. The smallest absolute Gasteiger partial charge is 0.143 e. The normalized spacial score (nSPS) is 13.2. The van der Waals surface area contributed by atoms with Crippen molar-refractivity contribution >= 4 is 81.5 Å². The van der Waals surface area contributed by atoms with Gasteiger partial charge < -0.3 is 0 Å². The summed E-state index contributed by atoms with van der Waals surface area (Å²) in [6, 6.07) is 41.4. The number of fused-ring (bicyclic) bond motifs is 9. The molecule has 0 unspecified atom stereocenters. The predicted molar refractivity (Wildman–Crippen MR) is 229 cm³/mol. The zero-order chi connectivity index (χ0) is 40.4. The fraction of sp³-hybridized carbons (Fsp3) is 0.167. The van der Waals surface area contributed by atoms with Gasteiger partial charge in [-0.25, -0.2) is 4.39 Å². The molecule has 0 fully saturated rings. The molecule has 3 heterocycles. The number of pyridine rings is 2. The molecule has 0 aliphatic heterocycles. The van der Waals surface area contributed by atoms with Crippen LogP contribution in [0.5, 0.6) is 0 Å². The van der Waals surface area contributed by atoms with Crippen LogP contribution in [0.25, 0.3) is 75.0 Å². The van der Waals surface area contributed by atoms with Gasteiger partial charge in [0.15, 0.2) is 0 Å². The largest absolute Gasteiger partial charge is 0.292 e. The van der Waals surface area contributed by atoms with Crippen LogP contribution >= 0.6 is 11.3 Å². The van der Waals surface area contributed by atoms with Crippen molar-refractivity contribution in [3.8, 4) is 22.5 Å². The van der Waals surface area contributed by atoms with Crippen molar-refractivity contribution in [2.24, 2.45) is 0 Å². The van der Waals surface area contributed by atoms with E-state index in [1.165, 1.54) is 37.7 Å². The first kappa shape index (κ1) is 33.1. The maximum Gasteiger partial charge on any atom is 0.143 e. The number of hydrogen-bond donors (Lipinski definition) is 0. The molecule has 0 bridgehead atoms. The minimum absolute atomic E-state index is 0. The van der Waals surface area contributed by atoms with Gasteiger partial charge in [-0.3, -0.25) is 4.98 Å². The quantitative estimate of drug-likeness (QED) is 0.0976. The SMILES string of the molecule is Cc1cc(-c2[c-]cccc2)nc[c]1[Ge]([CH3])([CH3])[CH3].[2H]C([2H])(C)C([2H])([2H])c1cc(-c2[c-]c3ccccc3c3c2sc2c4ccc5cc(C)ccc5c4ccc23)ncc1F.[Ir]. The van der Waals surface area contributed by atoms with Crippen LogP contribution in [0, 0.1) is 31.8 Å². The van der Waals surface area contributed by atoms with Crippen molar-refractivity contribution in [1.29, 1.82) is 0 Å². The van der Waals surface area contributed by atoms with Crippen LogP contribution < -0.4 is 4.40 Å². The van der Waals surface area contributed by atoms with Gasteiger partial charge in [0.2, 0.25) is 0 Å². The van der Waals surface area contributed by atoms with Crippen molar-refractivity contribution in [3.63, 3.8) is 0 Å². The molecule has 6 heteroatoms. The Morgan fingerprint density at radius 1 is 0.759 bits per heavy atom. The zero-order valence-electron chi connectivity index (χ0n) is 35.0. The Morgan fingerprint density at radius 2 is 1.50 bits per heavy atom. The molecule has 271 valence electrons. The number of aryl methyl sites for hydroxylation is 3. The van der Waals surface area contributed by atoms with Gasteiger partial charge in [-0.05, 0) is 50.5 Å². The molecule has 9 aromatic rings. The first-order valence-electron chi connectivity index (χ1n) is 19.8. The second kappa shape index (κ2) is 15.5. The van der Waals surface area contributed by atoms with Crippen LogP contribution in [0.4, 0.5) is 4.39 Å². The van der Waals surface area contributed by atoms with Gasteiger partial charge in [-0.1, -0.05) is 102 Å². The first-order valence-corrected chi connectivity index (χ1v) is 25.9. The van der Waals surface area contributed by atoms with E-state index in [2.05, 4.69) is 120 Å². The summed E-state index contributed by atoms with van der Waals surface area (Å²) in [5, 5.41) is 8.79. The average molecular weight is 966 g/mol. The monoisotopic (exact) mass is 967 g/mol. The van der Waals surface area contributed by atoms with Gasteiger partial charge in [0, 0.05) is 36.0 Å². The molecule has 1 radical (unpaired) electrons. The van der Waals surface area contributed by atoms with Crippen molar-refractivity contribution in [1.82, 2.24) is 9.97 Å². The summed E-state index contributed by atoms with van der Waals surface area (Å²) >= 11 is -0.143. The maximum absolute atomic E-state index is 14.9. The third kappa shape index (κ3) is 7.15. The minimum atomic E-state index is -2.56. The van der Waals surface area contributed by atoms with Crippen molar-refractivity contribution in [2.75, 3.05) is 0 Å². The standard InChI is InChI=1S/C33H23FNS.C15H18GeN.Ir/c1-3-6-22-17-30(35-18-29(22)34)28-16-20-7-4-5-8-24(20)31-27-14-13-25-23-11-9-19(2)15-21(23)10-12-26(25)32(27)36-33(28)31;1-12-10-15(13-8-6-5-7-9-13)17-11-14(12)16(2,3)4;/h4-5,7-15,17-18H,3,6H2,1-2H3;5-8,10-11H,1-4H3;/q2*-1;/i3D2,6D2;;. The zero-order valence-corrected chi connectivity index (χ0v) is 36.3. The van der Waals surface area contributed by atoms with Crippen LogP contribution in [-0.2, 0) is 26.5 Å². The van der Waals surface area contributed by atoms with Gasteiger partial charge in [0.05, 0.1) is 6.20 Å². The van der Waals surface area contributed by atoms with E-state index in [0.717, 1.165) is 60.7 Å². The van der Waals surface area contributed by atoms with Crippen molar-refractivity contribution in [2.45, 2.75) is 50.8 Å². The van der Waals surface area contributed by atoms with E-state index in [1.54, 1.807) is 11.3 Å². The first-order chi connectivity index (χ1) is 27.0. The second-order valence-corrected chi connectivity index (χ2v) is 26.1. The Morgan fingerprint density at radius 3 is 2.26 bits per heavy atom. The molecule has 9 rings (SSSR count). The van der Waals surface area contributed by atoms with Crippen molar-refractivity contribution in [3.05, 3.63) is 150 Å². The van der Waals surface area contributed by atoms with Crippen molar-refractivity contribution < 1.29 is 30.0 Å². The van der Waals surface area contributed by atoms with Gasteiger partial charge >= 0.3 is 106 Å². The predicted octanol–water partition coefficient (Wildman–Crippen LogP) is 13.2. The summed E-state index contributed by atoms with van der Waals surface area (Å²) < 4.78 is 51.2. The Hall–Kier alpha value is -4.26. The third-order valence-electron chi connectivity index (χ3n) is 9.78. The number of hydrogen-bond acceptors (Lipinski definition) is 3. The van der Waals surface area contributed by atoms with E-state index in [0.29, 0.717) is 11.3 Å². The van der Waals surface area contributed by atoms with Crippen LogP contribution in [0.2, 0.25) is 17.3 Å². The minimum Gasteiger partial charge on any atom is -0.292 e. The van der Waals surface area contributed by atoms with Crippen LogP contribution in [0.15, 0.2) is 116 Å². The summed E-state index contributed by atoms with van der Waals surface area (Å²) in [5.74, 6) is 6.33. The second-order valence-electron chi connectivity index (χ2n) is 14.5. The van der Waals surface area contributed by atoms with Crippen LogP contribution in [0.1, 0.15) is 35.5 Å². The van der Waals surface area contributed by atoms with Gasteiger partial charge in [0.25, 0.3) is 0 Å². The molecule has 0 saturated carbocycles. The number of aromatic nitrogens is 2. The Bertz CT molecular complexity index is 3010. The van der Waals surface area contributed by atoms with E-state index >= 15 is 0 Å². The Kier molecular flexibility index (Phi) is 9.49. The molecular weight excluding hydrogens is 920 g/mol. The molecule has 54 heavy (non-hydrogen) atoms. The molecule has 2 nitrogen and oxygen atoms in total. The molecule has 6 aromatic carbocycles. The number of rotatable bonds is 5. The van der Waals surface area contributed by atoms with E-state index in [9.17, 15) is 4.39 Å². The summed E-state index contributed by atoms with van der Waals surface area (Å²) in [4.78, 5) is 8.95. The topological polar surface area (TPSA) is 25.8 Å². The van der Waals surface area contributed by atoms with Crippen LogP contribution in [0.3, 0.4) is 0 Å². The maximum atomic E-state index is 14.9. The van der Waals surface area contributed by atoms with Crippen LogP contribution in [-0.4, -0.2) is 23.2 Å². The molecule has 0 amide bonds. The van der Waals surface area contributed by atoms with E-state index < -0.39 is 31.8 Å². The Labute approximate surface area is 342 Å². The van der Waals surface area contributed by atoms with E-state index in [-0.39, 0.29) is 25.7 Å². The fourth-order valence-electron chi connectivity index (χ4n) is 7.29. The number of halogens is 1.